The molecule has 0 spiro atoms. The normalized spacial score (nSPS) is 11.6. The first-order valence-corrected chi connectivity index (χ1v) is 20.7. The number of amides is 1. The topological polar surface area (TPSA) is 151 Å². The van der Waals surface area contributed by atoms with Gasteiger partial charge in [0.15, 0.2) is 11.3 Å². The number of benzene rings is 2. The van der Waals surface area contributed by atoms with Crippen LogP contribution in [0.3, 0.4) is 0 Å². The third-order valence-corrected chi connectivity index (χ3v) is 10.5. The van der Waals surface area contributed by atoms with Crippen molar-refractivity contribution in [2.45, 2.75) is 46.0 Å². The maximum atomic E-state index is 12.7. The predicted octanol–water partition coefficient (Wildman–Crippen LogP) is 10.9. The molecular weight excluding hydrogens is 865 g/mol. The molecule has 8 aromatic rings. The number of carboxylic acid groups (broad SMARTS) is 1. The molecule has 0 atom stereocenters. The zero-order valence-corrected chi connectivity index (χ0v) is 35.8. The third-order valence-electron chi connectivity index (χ3n) is 10.5. The Morgan fingerprint density at radius 2 is 1.02 bits per heavy atom. The Labute approximate surface area is 374 Å². The smallest absolute Gasteiger partial charge is 0.390 e. The number of aromatic nitrogens is 6. The minimum Gasteiger partial charge on any atom is -0.478 e. The molecule has 0 saturated carbocycles. The first-order chi connectivity index (χ1) is 31.5. The lowest BCUT2D eigenvalue weighted by molar-refractivity contribution is -0.132. The summed E-state index contributed by atoms with van der Waals surface area (Å²) in [6.07, 6.45) is 3.20. The van der Waals surface area contributed by atoms with Crippen molar-refractivity contribution in [2.24, 2.45) is 0 Å². The zero-order valence-electron chi connectivity index (χ0n) is 35.8. The summed E-state index contributed by atoms with van der Waals surface area (Å²) in [5.41, 5.74) is 10.5. The highest BCUT2D eigenvalue weighted by Gasteiger charge is 2.27. The van der Waals surface area contributed by atoms with E-state index in [0.29, 0.717) is 46.0 Å². The van der Waals surface area contributed by atoms with E-state index in [-0.39, 0.29) is 24.6 Å². The van der Waals surface area contributed by atoms with E-state index in [2.05, 4.69) is 35.9 Å². The quantitative estimate of drug-likeness (QED) is 0.0829. The van der Waals surface area contributed by atoms with Crippen molar-refractivity contribution in [1.82, 2.24) is 34.1 Å². The number of aryl methyl sites for hydroxylation is 2. The van der Waals surface area contributed by atoms with Gasteiger partial charge in [-0.1, -0.05) is 12.1 Å². The number of hydrogen-bond donors (Lipinski definition) is 4. The maximum Gasteiger partial charge on any atom is 0.390 e. The number of imidazole rings is 2. The monoisotopic (exact) mass is 907 g/mol. The number of aromatic carboxylic acids is 1. The number of anilines is 2. The third kappa shape index (κ3) is 10.9. The largest absolute Gasteiger partial charge is 0.478 e. The maximum absolute atomic E-state index is 12.7. The van der Waals surface area contributed by atoms with Crippen molar-refractivity contribution in [1.29, 1.82) is 0 Å². The molecule has 2 aromatic carbocycles. The van der Waals surface area contributed by atoms with Gasteiger partial charge in [0.05, 0.1) is 53.6 Å². The molecule has 0 bridgehead atoms. The molecule has 0 aliphatic carbocycles. The van der Waals surface area contributed by atoms with Crippen LogP contribution in [-0.4, -0.2) is 77.7 Å². The van der Waals surface area contributed by atoms with E-state index < -0.39 is 31.2 Å². The number of hydrogen-bond acceptors (Lipinski definition) is 8. The van der Waals surface area contributed by atoms with Crippen LogP contribution < -0.4 is 16.0 Å². The van der Waals surface area contributed by atoms with E-state index in [1.807, 2.05) is 67.0 Å². The highest BCUT2D eigenvalue weighted by molar-refractivity contribution is 5.96. The van der Waals surface area contributed by atoms with Gasteiger partial charge in [0.25, 0.3) is 5.91 Å². The summed E-state index contributed by atoms with van der Waals surface area (Å²) in [6, 6.07) is 21.3. The Morgan fingerprint density at radius 1 is 0.591 bits per heavy atom. The number of carbonyl (C=O) groups excluding carboxylic acids is 1. The molecule has 0 saturated heterocycles. The van der Waals surface area contributed by atoms with Crippen molar-refractivity contribution >= 4 is 34.5 Å². The Balaban J connectivity index is 0.000000197. The fourth-order valence-corrected chi connectivity index (χ4v) is 7.34. The van der Waals surface area contributed by atoms with Crippen LogP contribution in [0.5, 0.6) is 0 Å². The van der Waals surface area contributed by atoms with Crippen LogP contribution in [0, 0.1) is 13.8 Å². The molecule has 6 aromatic heterocycles. The van der Waals surface area contributed by atoms with Gasteiger partial charge in [0, 0.05) is 84.6 Å². The van der Waals surface area contributed by atoms with E-state index in [0.717, 1.165) is 44.6 Å². The summed E-state index contributed by atoms with van der Waals surface area (Å²) in [5, 5.41) is 17.8. The predicted molar refractivity (Wildman–Crippen MR) is 240 cm³/mol. The van der Waals surface area contributed by atoms with E-state index >= 15 is 0 Å². The van der Waals surface area contributed by atoms with Crippen LogP contribution in [0.4, 0.5) is 37.7 Å². The highest BCUT2D eigenvalue weighted by Crippen LogP contribution is 2.33. The van der Waals surface area contributed by atoms with Crippen LogP contribution in [0.25, 0.3) is 56.1 Å². The number of rotatable bonds is 13. The van der Waals surface area contributed by atoms with Crippen molar-refractivity contribution in [3.63, 3.8) is 0 Å². The Hall–Kier alpha value is -7.76. The van der Waals surface area contributed by atoms with Gasteiger partial charge in [0.1, 0.15) is 0 Å². The summed E-state index contributed by atoms with van der Waals surface area (Å²) in [5.74, 6) is -1.15. The van der Waals surface area contributed by atoms with Crippen molar-refractivity contribution < 1.29 is 41.0 Å². The van der Waals surface area contributed by atoms with Gasteiger partial charge in [-0.2, -0.15) is 26.3 Å². The number of carbonyl (C=O) groups is 2. The summed E-state index contributed by atoms with van der Waals surface area (Å²) in [6.45, 7) is 5.43. The second-order valence-corrected chi connectivity index (χ2v) is 15.2. The average molecular weight is 908 g/mol. The molecule has 0 aliphatic rings. The second kappa shape index (κ2) is 19.5. The molecule has 340 valence electrons. The van der Waals surface area contributed by atoms with Crippen LogP contribution in [0.15, 0.2) is 122 Å². The van der Waals surface area contributed by atoms with Gasteiger partial charge in [-0.3, -0.25) is 23.6 Å². The summed E-state index contributed by atoms with van der Waals surface area (Å²) in [7, 11) is 0. The van der Waals surface area contributed by atoms with Crippen LogP contribution in [0.1, 0.15) is 51.6 Å². The Morgan fingerprint density at radius 3 is 1.39 bits per heavy atom. The lowest BCUT2D eigenvalue weighted by Gasteiger charge is -2.14. The van der Waals surface area contributed by atoms with E-state index in [4.69, 9.17) is 0 Å². The number of alkyl halides is 6. The molecule has 0 radical (unpaired) electrons. The van der Waals surface area contributed by atoms with Crippen molar-refractivity contribution in [3.05, 3.63) is 145 Å². The summed E-state index contributed by atoms with van der Waals surface area (Å²) >= 11 is 0. The zero-order chi connectivity index (χ0) is 47.2. The fraction of sp³-hybridized carbons (Fsp3) is 0.208. The van der Waals surface area contributed by atoms with Gasteiger partial charge in [0.2, 0.25) is 0 Å². The number of nitrogens with zero attached hydrogens (tertiary/aromatic N) is 6. The number of halogens is 6. The van der Waals surface area contributed by atoms with Crippen molar-refractivity contribution in [2.75, 3.05) is 30.3 Å². The first kappa shape index (κ1) is 46.2. The Bertz CT molecular complexity index is 3010. The number of pyridine rings is 4. The minimum atomic E-state index is -4.27. The molecule has 4 N–H and O–H groups in total. The summed E-state index contributed by atoms with van der Waals surface area (Å²) < 4.78 is 79.8. The van der Waals surface area contributed by atoms with Gasteiger partial charge in [-0.15, -0.1) is 0 Å². The lowest BCUT2D eigenvalue weighted by Crippen LogP contribution is -2.23. The lowest BCUT2D eigenvalue weighted by atomic mass is 10.0. The van der Waals surface area contributed by atoms with Crippen molar-refractivity contribution in [3.8, 4) is 44.8 Å². The standard InChI is InChI=1S/C25H24F3N5O.C23H19F3N4O2/c1-3-30-24(34)20-5-4-18(12-16(20)2)22-14-32-23-21(31-11-8-25(26,27)28)13-19(15-33(22)23)17-6-9-29-10-7-17;1-14-10-16(2-3-18(14)22(31)32)20-12-29-21-19(28-9-6-23(24,25)26)11-17(13-30(20)21)15-4-7-27-8-5-15/h4-7,9-10,12-15,31H,3,8,11H2,1-2H3,(H,30,34);2-5,7-8,10-13,28H,6,9H2,1H3,(H,31,32). The highest BCUT2D eigenvalue weighted by atomic mass is 19.4. The molecule has 18 heteroatoms. The SMILES string of the molecule is CCNC(=O)c1ccc(-c2cnc3c(NCCC(F)(F)F)cc(-c4ccncc4)cn23)cc1C.Cc1cc(-c2cnc3c(NCCC(F)(F)F)cc(-c4ccncc4)cn23)ccc1C(=O)O. The second-order valence-electron chi connectivity index (χ2n) is 15.2. The van der Waals surface area contributed by atoms with E-state index in [1.165, 1.54) is 6.07 Å². The van der Waals surface area contributed by atoms with Gasteiger partial charge >= 0.3 is 18.3 Å². The molecule has 0 fully saturated rings. The van der Waals surface area contributed by atoms with Gasteiger partial charge < -0.3 is 21.1 Å². The average Bonchev–Trinajstić information content (AvgIpc) is 3.91. The van der Waals surface area contributed by atoms with Crippen LogP contribution >= 0.6 is 0 Å². The Kier molecular flexibility index (Phi) is 13.7. The number of fused-ring (bicyclic) bond motifs is 2. The molecule has 0 unspecified atom stereocenters. The molecule has 0 aliphatic heterocycles. The number of nitrogens with one attached hydrogen (secondary N) is 3. The molecule has 8 rings (SSSR count). The molecular formula is C48H43F6N9O3. The first-order valence-electron chi connectivity index (χ1n) is 20.7. The minimum absolute atomic E-state index is 0.138. The summed E-state index contributed by atoms with van der Waals surface area (Å²) in [4.78, 5) is 40.6. The van der Waals surface area contributed by atoms with E-state index in [9.17, 15) is 41.0 Å². The molecule has 6 heterocycles. The molecule has 66 heavy (non-hydrogen) atoms. The van der Waals surface area contributed by atoms with E-state index in [1.54, 1.807) is 78.8 Å². The van der Waals surface area contributed by atoms with Crippen LogP contribution in [0.2, 0.25) is 0 Å². The fourth-order valence-electron chi connectivity index (χ4n) is 7.34. The molecule has 12 nitrogen and oxygen atoms in total. The van der Waals surface area contributed by atoms with Gasteiger partial charge in [-0.05, 0) is 104 Å². The van der Waals surface area contributed by atoms with Gasteiger partial charge in [-0.25, -0.2) is 14.8 Å². The number of carboxylic acids is 1. The van der Waals surface area contributed by atoms with Crippen LogP contribution in [-0.2, 0) is 0 Å². The molecule has 1 amide bonds.